The number of fused-ring (bicyclic) bond motifs is 1. The van der Waals surface area contributed by atoms with Crippen LogP contribution in [0.3, 0.4) is 0 Å². The molecule has 2 aromatic rings. The number of aromatic nitrogens is 2. The van der Waals surface area contributed by atoms with Gasteiger partial charge in [-0.1, -0.05) is 89.3 Å². The van der Waals surface area contributed by atoms with E-state index in [-0.39, 0.29) is 0 Å². The number of pyridine rings is 1. The fraction of sp³-hybridized carbons (Fsp3) is 0.739. The van der Waals surface area contributed by atoms with Gasteiger partial charge in [-0.3, -0.25) is 9.97 Å². The van der Waals surface area contributed by atoms with E-state index in [2.05, 4.69) is 12.3 Å². The molecule has 2 aromatic heterocycles. The van der Waals surface area contributed by atoms with Gasteiger partial charge in [-0.25, -0.2) is 0 Å². The van der Waals surface area contributed by atoms with Crippen LogP contribution in [0.4, 0.5) is 0 Å². The quantitative estimate of drug-likeness (QED) is 0.566. The van der Waals surface area contributed by atoms with E-state index in [1.807, 2.05) is 11.3 Å². The van der Waals surface area contributed by atoms with Crippen molar-refractivity contribution in [1.29, 1.82) is 0 Å². The number of thiazole rings is 1. The second-order valence-corrected chi connectivity index (χ2v) is 10.1. The first kappa shape index (κ1) is 19.4. The molecule has 0 spiro atoms. The first-order valence-electron chi connectivity index (χ1n) is 11.6. The Bertz CT molecular complexity index is 695. The molecule has 4 rings (SSSR count). The third-order valence-electron chi connectivity index (χ3n) is 6.80. The van der Waals surface area contributed by atoms with E-state index in [4.69, 9.17) is 9.97 Å². The Kier molecular flexibility index (Phi) is 7.23. The van der Waals surface area contributed by atoms with E-state index < -0.39 is 0 Å². The minimum atomic E-state index is 0.670. The summed E-state index contributed by atoms with van der Waals surface area (Å²) in [5, 5.41) is 0. The van der Waals surface area contributed by atoms with Crippen molar-refractivity contribution in [2.75, 3.05) is 0 Å². The Hall–Kier alpha value is -0.895. The van der Waals surface area contributed by atoms with Crippen molar-refractivity contribution in [3.8, 4) is 0 Å². The van der Waals surface area contributed by atoms with Gasteiger partial charge in [-0.15, -0.1) is 11.3 Å². The average Bonchev–Trinajstić information content (AvgIpc) is 3.10. The molecule has 2 nitrogen and oxygen atoms in total. The minimum Gasteiger partial charge on any atom is -0.259 e. The van der Waals surface area contributed by atoms with Crippen LogP contribution in [0.25, 0.3) is 10.2 Å². The number of hydrogen-bond donors (Lipinski definition) is 0. The summed E-state index contributed by atoms with van der Waals surface area (Å²) in [4.78, 5) is 11.2. The maximum atomic E-state index is 4.95. The zero-order valence-corrected chi connectivity index (χ0v) is 17.7. The van der Waals surface area contributed by atoms with Gasteiger partial charge in [0.25, 0.3) is 0 Å². The lowest BCUT2D eigenvalue weighted by Crippen LogP contribution is -2.19. The molecule has 2 fully saturated rings. The lowest BCUT2D eigenvalue weighted by Gasteiger charge is -2.17. The summed E-state index contributed by atoms with van der Waals surface area (Å²) in [5.74, 6) is 1.52. The Morgan fingerprint density at radius 1 is 0.778 bits per heavy atom. The molecular formula is C23H35BN2S. The van der Waals surface area contributed by atoms with Crippen molar-refractivity contribution in [1.82, 2.24) is 9.97 Å². The van der Waals surface area contributed by atoms with Crippen LogP contribution in [-0.4, -0.2) is 17.2 Å². The second kappa shape index (κ2) is 10.0. The van der Waals surface area contributed by atoms with Crippen LogP contribution in [0.5, 0.6) is 0 Å². The smallest absolute Gasteiger partial charge is 0.199 e. The van der Waals surface area contributed by atoms with Gasteiger partial charge in [-0.05, 0) is 18.9 Å². The molecule has 2 aliphatic rings. The van der Waals surface area contributed by atoms with Crippen LogP contribution in [0.15, 0.2) is 12.3 Å². The van der Waals surface area contributed by atoms with Crippen LogP contribution < -0.4 is 4.91 Å². The van der Waals surface area contributed by atoms with Crippen molar-refractivity contribution in [3.63, 3.8) is 0 Å². The highest BCUT2D eigenvalue weighted by atomic mass is 32.1. The predicted molar refractivity (Wildman–Crippen MR) is 120 cm³/mol. The lowest BCUT2D eigenvalue weighted by atomic mass is 9.60. The van der Waals surface area contributed by atoms with Crippen molar-refractivity contribution in [2.45, 2.75) is 108 Å². The summed E-state index contributed by atoms with van der Waals surface area (Å²) in [7, 11) is 1.19. The van der Waals surface area contributed by atoms with E-state index in [1.54, 1.807) is 0 Å². The van der Waals surface area contributed by atoms with Crippen LogP contribution >= 0.6 is 11.3 Å². The summed E-state index contributed by atoms with van der Waals surface area (Å²) in [6, 6.07) is 2.39. The molecule has 0 aromatic carbocycles. The topological polar surface area (TPSA) is 25.8 Å². The SMILES string of the molecule is B(c1nc2cnc(C3CCCCCCCC3)cc2s1)C1CCCCCCC1. The number of rotatable bonds is 3. The Morgan fingerprint density at radius 3 is 2.04 bits per heavy atom. The van der Waals surface area contributed by atoms with Gasteiger partial charge in [0.1, 0.15) is 0 Å². The zero-order chi connectivity index (χ0) is 18.3. The largest absolute Gasteiger partial charge is 0.259 e. The zero-order valence-electron chi connectivity index (χ0n) is 16.9. The maximum Gasteiger partial charge on any atom is 0.199 e. The minimum absolute atomic E-state index is 0.670. The van der Waals surface area contributed by atoms with Crippen LogP contribution in [0, 0.1) is 0 Å². The summed E-state index contributed by atoms with van der Waals surface area (Å²) in [6.45, 7) is 0. The molecule has 2 heterocycles. The van der Waals surface area contributed by atoms with Gasteiger partial charge in [-0.2, -0.15) is 0 Å². The summed E-state index contributed by atoms with van der Waals surface area (Å²) in [6.07, 6.45) is 23.1. The second-order valence-electron chi connectivity index (χ2n) is 9.00. The summed E-state index contributed by atoms with van der Waals surface area (Å²) >= 11 is 1.94. The molecule has 146 valence electrons. The Morgan fingerprint density at radius 2 is 1.37 bits per heavy atom. The van der Waals surface area contributed by atoms with Crippen LogP contribution in [0.2, 0.25) is 5.82 Å². The molecule has 0 bridgehead atoms. The average molecular weight is 382 g/mol. The number of nitrogens with zero attached hydrogens (tertiary/aromatic N) is 2. The van der Waals surface area contributed by atoms with Gasteiger partial charge in [0.15, 0.2) is 7.28 Å². The molecule has 0 saturated heterocycles. The highest BCUT2D eigenvalue weighted by Crippen LogP contribution is 2.31. The molecule has 0 atom stereocenters. The van der Waals surface area contributed by atoms with E-state index in [1.165, 1.54) is 119 Å². The van der Waals surface area contributed by atoms with Crippen LogP contribution in [-0.2, 0) is 0 Å². The highest BCUT2D eigenvalue weighted by Gasteiger charge is 2.18. The summed E-state index contributed by atoms with van der Waals surface area (Å²) in [5.41, 5.74) is 2.47. The number of hydrogen-bond acceptors (Lipinski definition) is 3. The standard InChI is InChI=1S/C23H35BN2S/c1-2-5-9-13-18(12-8-4-1)20-16-22-21(17-25-20)26-23(27-22)24-19-14-10-6-3-7-11-15-19/h16-19,24H,1-15H2. The van der Waals surface area contributed by atoms with Crippen LogP contribution in [0.1, 0.15) is 108 Å². The molecule has 0 N–H and O–H groups in total. The first-order valence-corrected chi connectivity index (χ1v) is 12.5. The third-order valence-corrected chi connectivity index (χ3v) is 7.84. The molecule has 2 aliphatic carbocycles. The molecular weight excluding hydrogens is 347 g/mol. The summed E-state index contributed by atoms with van der Waals surface area (Å²) < 4.78 is 1.38. The third kappa shape index (κ3) is 5.56. The van der Waals surface area contributed by atoms with E-state index in [0.29, 0.717) is 5.92 Å². The van der Waals surface area contributed by atoms with Gasteiger partial charge in [0.2, 0.25) is 0 Å². The molecule has 4 heteroatoms. The van der Waals surface area contributed by atoms with Crippen molar-refractivity contribution >= 4 is 33.7 Å². The monoisotopic (exact) mass is 382 g/mol. The van der Waals surface area contributed by atoms with Gasteiger partial charge in [0.05, 0.1) is 21.3 Å². The van der Waals surface area contributed by atoms with Crippen molar-refractivity contribution < 1.29 is 0 Å². The normalized spacial score (nSPS) is 21.8. The first-order chi connectivity index (χ1) is 13.4. The van der Waals surface area contributed by atoms with E-state index in [0.717, 1.165) is 11.3 Å². The van der Waals surface area contributed by atoms with Gasteiger partial charge >= 0.3 is 0 Å². The van der Waals surface area contributed by atoms with E-state index in [9.17, 15) is 0 Å². The molecule has 27 heavy (non-hydrogen) atoms. The molecule has 2 saturated carbocycles. The van der Waals surface area contributed by atoms with E-state index >= 15 is 0 Å². The molecule has 0 radical (unpaired) electrons. The maximum absolute atomic E-state index is 4.95. The van der Waals surface area contributed by atoms with Crippen molar-refractivity contribution in [3.05, 3.63) is 18.0 Å². The lowest BCUT2D eigenvalue weighted by molar-refractivity contribution is 0.502. The Labute approximate surface area is 169 Å². The highest BCUT2D eigenvalue weighted by molar-refractivity contribution is 7.26. The molecule has 0 unspecified atom stereocenters. The van der Waals surface area contributed by atoms with Crippen molar-refractivity contribution in [2.24, 2.45) is 0 Å². The fourth-order valence-corrected chi connectivity index (χ4v) is 6.23. The molecule has 0 amide bonds. The van der Waals surface area contributed by atoms with Gasteiger partial charge < -0.3 is 0 Å². The Balaban J connectivity index is 1.45. The fourth-order valence-electron chi connectivity index (χ4n) is 5.13. The molecule has 0 aliphatic heterocycles. The predicted octanol–water partition coefficient (Wildman–Crippen LogP) is 6.50. The van der Waals surface area contributed by atoms with Gasteiger partial charge in [0, 0.05) is 11.6 Å².